The number of anilines is 1. The Morgan fingerprint density at radius 1 is 1.29 bits per heavy atom. The first-order chi connectivity index (χ1) is 14.6. The van der Waals surface area contributed by atoms with E-state index in [4.69, 9.17) is 0 Å². The first kappa shape index (κ1) is 23.4. The molecule has 0 unspecified atom stereocenters. The number of carbonyl (C=O) groups excluding carboxylic acids is 1. The van der Waals surface area contributed by atoms with Crippen LogP contribution in [0.15, 0.2) is 40.0 Å². The van der Waals surface area contributed by atoms with E-state index in [9.17, 15) is 9.59 Å². The van der Waals surface area contributed by atoms with Crippen LogP contribution < -0.4 is 16.2 Å². The fourth-order valence-corrected chi connectivity index (χ4v) is 4.79. The molecule has 2 heterocycles. The Hall–Kier alpha value is -2.22. The van der Waals surface area contributed by atoms with Gasteiger partial charge in [0.2, 0.25) is 0 Å². The minimum Gasteiger partial charge on any atom is -0.380 e. The number of hydrogen-bond donors (Lipinski definition) is 2. The molecule has 168 valence electrons. The van der Waals surface area contributed by atoms with Crippen molar-refractivity contribution in [1.29, 1.82) is 0 Å². The van der Waals surface area contributed by atoms with Crippen LogP contribution in [0.3, 0.4) is 0 Å². The molecule has 0 radical (unpaired) electrons. The molecule has 0 aromatic carbocycles. The zero-order valence-corrected chi connectivity index (χ0v) is 20.4. The van der Waals surface area contributed by atoms with Crippen LogP contribution in [0.25, 0.3) is 0 Å². The Morgan fingerprint density at radius 3 is 2.71 bits per heavy atom. The third-order valence-corrected chi connectivity index (χ3v) is 8.10. The van der Waals surface area contributed by atoms with Crippen LogP contribution in [-0.2, 0) is 6.54 Å². The quantitative estimate of drug-likeness (QED) is 0.640. The molecule has 8 heteroatoms. The Morgan fingerprint density at radius 2 is 2.03 bits per heavy atom. The normalized spacial score (nSPS) is 25.1. The largest absolute Gasteiger partial charge is 0.380 e. The molecule has 1 aliphatic rings. The molecule has 31 heavy (non-hydrogen) atoms. The molecule has 2 aromatic rings. The summed E-state index contributed by atoms with van der Waals surface area (Å²) in [5.41, 5.74) is 1.27. The molecule has 1 amide bonds. The molecule has 2 N–H and O–H groups in total. The summed E-state index contributed by atoms with van der Waals surface area (Å²) in [6.07, 6.45) is 5.86. The van der Waals surface area contributed by atoms with Crippen molar-refractivity contribution in [1.82, 2.24) is 20.1 Å². The number of carbonyl (C=O) groups is 1. The zero-order valence-electron chi connectivity index (χ0n) is 18.9. The lowest BCUT2D eigenvalue weighted by Gasteiger charge is -2.50. The second kappa shape index (κ2) is 9.51. The topological polar surface area (TPSA) is 88.9 Å². The summed E-state index contributed by atoms with van der Waals surface area (Å²) in [4.78, 5) is 28.8. The molecule has 1 fully saturated rings. The second-order valence-corrected chi connectivity index (χ2v) is 10.0. The first-order valence-electron chi connectivity index (χ1n) is 10.8. The van der Waals surface area contributed by atoms with E-state index in [0.29, 0.717) is 34.3 Å². The molecule has 2 aromatic heterocycles. The highest BCUT2D eigenvalue weighted by atomic mass is 79.9. The summed E-state index contributed by atoms with van der Waals surface area (Å²) < 4.78 is 1.83. The van der Waals surface area contributed by atoms with Crippen molar-refractivity contribution in [2.75, 3.05) is 11.9 Å². The first-order valence-corrected chi connectivity index (χ1v) is 11.6. The third kappa shape index (κ3) is 5.00. The van der Waals surface area contributed by atoms with E-state index in [1.54, 1.807) is 24.5 Å². The highest BCUT2D eigenvalue weighted by Crippen LogP contribution is 2.48. The van der Waals surface area contributed by atoms with Crippen molar-refractivity contribution in [3.8, 4) is 0 Å². The Bertz CT molecular complexity index is 976. The van der Waals surface area contributed by atoms with Gasteiger partial charge in [0.25, 0.3) is 11.5 Å². The molecule has 4 atom stereocenters. The maximum Gasteiger partial charge on any atom is 0.283 e. The van der Waals surface area contributed by atoms with Gasteiger partial charge in [-0.05, 0) is 57.7 Å². The van der Waals surface area contributed by atoms with Gasteiger partial charge in [0.1, 0.15) is 4.47 Å². The number of nitrogens with zero attached hydrogens (tertiary/aromatic N) is 3. The van der Waals surface area contributed by atoms with E-state index < -0.39 is 0 Å². The molecule has 1 saturated carbocycles. The van der Waals surface area contributed by atoms with Gasteiger partial charge in [-0.25, -0.2) is 4.68 Å². The number of pyridine rings is 1. The van der Waals surface area contributed by atoms with Gasteiger partial charge < -0.3 is 10.6 Å². The Balaban J connectivity index is 1.64. The number of hydrogen-bond acceptors (Lipinski definition) is 5. The average Bonchev–Trinajstić information content (AvgIpc) is 2.76. The van der Waals surface area contributed by atoms with E-state index >= 15 is 0 Å². The zero-order chi connectivity index (χ0) is 22.8. The fourth-order valence-electron chi connectivity index (χ4n) is 4.36. The minimum atomic E-state index is -0.226. The predicted molar refractivity (Wildman–Crippen MR) is 126 cm³/mol. The van der Waals surface area contributed by atoms with Gasteiger partial charge >= 0.3 is 0 Å². The third-order valence-electron chi connectivity index (χ3n) is 7.33. The van der Waals surface area contributed by atoms with Crippen LogP contribution in [0.5, 0.6) is 0 Å². The van der Waals surface area contributed by atoms with E-state index in [1.165, 1.54) is 10.9 Å². The molecule has 0 saturated heterocycles. The number of amides is 1. The fraction of sp³-hybridized carbons (Fsp3) is 0.565. The van der Waals surface area contributed by atoms with Crippen molar-refractivity contribution < 1.29 is 4.79 Å². The molecule has 3 rings (SSSR count). The Kier molecular flexibility index (Phi) is 7.19. The number of nitrogens with one attached hydrogen (secondary N) is 2. The minimum absolute atomic E-state index is 0.217. The highest BCUT2D eigenvalue weighted by Gasteiger charge is 2.43. The lowest BCUT2D eigenvalue weighted by Crippen LogP contribution is -2.48. The van der Waals surface area contributed by atoms with Gasteiger partial charge in [0.15, 0.2) is 0 Å². The SMILES string of the molecule is C[C@@H]1[C@@H](C)C(C)(C)[C@@H](C)C[C@H]1Nc1cnn(CCNC(=O)c2cccnc2)c(=O)c1Br. The molecule has 7 nitrogen and oxygen atoms in total. The monoisotopic (exact) mass is 489 g/mol. The van der Waals surface area contributed by atoms with E-state index in [1.807, 2.05) is 0 Å². The summed E-state index contributed by atoms with van der Waals surface area (Å²) >= 11 is 3.46. The van der Waals surface area contributed by atoms with E-state index in [-0.39, 0.29) is 29.5 Å². The standard InChI is InChI=1S/C23H32BrN5O2/c1-14-11-18(15(2)16(3)23(14,4)5)28-19-13-27-29(22(31)20(19)24)10-9-26-21(30)17-7-6-8-25-12-17/h6-8,12-16,18,28H,9-11H2,1-5H3,(H,26,30)/t14-,15+,16+,18+/m0/s1. The lowest BCUT2D eigenvalue weighted by atomic mass is 9.58. The summed E-state index contributed by atoms with van der Waals surface area (Å²) in [7, 11) is 0. The predicted octanol–water partition coefficient (Wildman–Crippen LogP) is 3.95. The molecular weight excluding hydrogens is 458 g/mol. The van der Waals surface area contributed by atoms with Crippen LogP contribution in [0, 0.1) is 23.2 Å². The number of halogens is 1. The number of rotatable bonds is 6. The van der Waals surface area contributed by atoms with Gasteiger partial charge in [-0.15, -0.1) is 0 Å². The van der Waals surface area contributed by atoms with Crippen molar-refractivity contribution in [2.24, 2.45) is 23.2 Å². The van der Waals surface area contributed by atoms with Gasteiger partial charge in [0.05, 0.1) is 24.0 Å². The van der Waals surface area contributed by atoms with Crippen LogP contribution in [0.1, 0.15) is 51.4 Å². The molecule has 0 aliphatic heterocycles. The second-order valence-electron chi connectivity index (χ2n) is 9.25. The van der Waals surface area contributed by atoms with Gasteiger partial charge in [-0.1, -0.05) is 34.6 Å². The van der Waals surface area contributed by atoms with Gasteiger partial charge in [-0.3, -0.25) is 14.6 Å². The maximum absolute atomic E-state index is 12.8. The summed E-state index contributed by atoms with van der Waals surface area (Å²) in [6.45, 7) is 12.2. The van der Waals surface area contributed by atoms with Crippen LogP contribution in [-0.4, -0.2) is 33.3 Å². The summed E-state index contributed by atoms with van der Waals surface area (Å²) in [6, 6.07) is 3.68. The van der Waals surface area contributed by atoms with Crippen molar-refractivity contribution >= 4 is 27.5 Å². The van der Waals surface area contributed by atoms with Crippen LogP contribution >= 0.6 is 15.9 Å². The molecule has 0 bridgehead atoms. The average molecular weight is 490 g/mol. The van der Waals surface area contributed by atoms with Crippen LogP contribution in [0.4, 0.5) is 5.69 Å². The van der Waals surface area contributed by atoms with Gasteiger partial charge in [0, 0.05) is 25.0 Å². The maximum atomic E-state index is 12.8. The number of aromatic nitrogens is 3. The summed E-state index contributed by atoms with van der Waals surface area (Å²) in [5.74, 6) is 1.38. The molecule has 1 aliphatic carbocycles. The van der Waals surface area contributed by atoms with E-state index in [2.05, 4.69) is 71.3 Å². The summed E-state index contributed by atoms with van der Waals surface area (Å²) in [5, 5.41) is 10.7. The Labute approximate surface area is 192 Å². The van der Waals surface area contributed by atoms with Crippen molar-refractivity contribution in [2.45, 2.75) is 53.6 Å². The van der Waals surface area contributed by atoms with Crippen LogP contribution in [0.2, 0.25) is 0 Å². The molecule has 0 spiro atoms. The van der Waals surface area contributed by atoms with Gasteiger partial charge in [-0.2, -0.15) is 5.10 Å². The smallest absolute Gasteiger partial charge is 0.283 e. The van der Waals surface area contributed by atoms with Crippen molar-refractivity contribution in [3.63, 3.8) is 0 Å². The molecular formula is C23H32BrN5O2. The van der Waals surface area contributed by atoms with E-state index in [0.717, 1.165) is 12.1 Å². The lowest BCUT2D eigenvalue weighted by molar-refractivity contribution is 0.0316. The van der Waals surface area contributed by atoms with Crippen molar-refractivity contribution in [3.05, 3.63) is 51.1 Å². The highest BCUT2D eigenvalue weighted by molar-refractivity contribution is 9.10.